The van der Waals surface area contributed by atoms with Crippen LogP contribution in [0.15, 0.2) is 0 Å². The molecule has 1 atom stereocenters. The highest BCUT2D eigenvalue weighted by atomic mass is 16.2. The molecule has 8 nitrogen and oxygen atoms in total. The second-order valence-corrected chi connectivity index (χ2v) is 6.54. The number of piperazine rings is 1. The molecule has 3 heterocycles. The number of nitrogens with zero attached hydrogens (tertiary/aromatic N) is 5. The van der Waals surface area contributed by atoms with Gasteiger partial charge in [-0.2, -0.15) is 9.97 Å². The van der Waals surface area contributed by atoms with Crippen LogP contribution in [0, 0.1) is 5.92 Å². The first-order valence-electron chi connectivity index (χ1n) is 8.00. The Morgan fingerprint density at radius 3 is 2.61 bits per heavy atom. The number of carbonyl (C=O) groups excluding carboxylic acids is 1. The standard InChI is InChI=1S/C15H25N7O/c1-20(2)14(23)10-8-11-12(17-9-10)18-15(16)19-13(11)22-6-4-21(3)5-7-22/h10H,4-9H2,1-3H3,(H3,16,17,18,19). The maximum absolute atomic E-state index is 12.3. The summed E-state index contributed by atoms with van der Waals surface area (Å²) in [6, 6.07) is 0. The largest absolute Gasteiger partial charge is 0.369 e. The highest BCUT2D eigenvalue weighted by molar-refractivity contribution is 5.81. The van der Waals surface area contributed by atoms with E-state index in [4.69, 9.17) is 5.73 Å². The normalized spacial score (nSPS) is 21.5. The van der Waals surface area contributed by atoms with Crippen molar-refractivity contribution in [1.29, 1.82) is 0 Å². The molecule has 8 heteroatoms. The zero-order valence-electron chi connectivity index (χ0n) is 14.0. The lowest BCUT2D eigenvalue weighted by Gasteiger charge is -2.36. The van der Waals surface area contributed by atoms with E-state index < -0.39 is 0 Å². The molecule has 1 fully saturated rings. The van der Waals surface area contributed by atoms with Gasteiger partial charge in [-0.1, -0.05) is 0 Å². The Hall–Kier alpha value is -2.09. The van der Waals surface area contributed by atoms with Crippen LogP contribution in [-0.2, 0) is 11.2 Å². The fourth-order valence-electron chi connectivity index (χ4n) is 3.18. The Balaban J connectivity index is 1.90. The van der Waals surface area contributed by atoms with E-state index in [1.54, 1.807) is 19.0 Å². The molecule has 0 radical (unpaired) electrons. The maximum atomic E-state index is 12.3. The summed E-state index contributed by atoms with van der Waals surface area (Å²) in [5.41, 5.74) is 6.89. The zero-order valence-corrected chi connectivity index (χ0v) is 14.0. The third-order valence-corrected chi connectivity index (χ3v) is 4.56. The number of hydrogen-bond acceptors (Lipinski definition) is 7. The van der Waals surface area contributed by atoms with Gasteiger partial charge in [0.1, 0.15) is 11.6 Å². The number of amides is 1. The average Bonchev–Trinajstić information content (AvgIpc) is 2.53. The third-order valence-electron chi connectivity index (χ3n) is 4.56. The predicted molar refractivity (Wildman–Crippen MR) is 90.5 cm³/mol. The molecule has 0 spiro atoms. The fraction of sp³-hybridized carbons (Fsp3) is 0.667. The molecule has 1 amide bonds. The molecule has 2 aliphatic rings. The van der Waals surface area contributed by atoms with Crippen molar-refractivity contribution in [1.82, 2.24) is 19.8 Å². The first-order chi connectivity index (χ1) is 11.0. The van der Waals surface area contributed by atoms with Crippen molar-refractivity contribution >= 4 is 23.5 Å². The lowest BCUT2D eigenvalue weighted by Crippen LogP contribution is -2.46. The Morgan fingerprint density at radius 1 is 1.26 bits per heavy atom. The smallest absolute Gasteiger partial charge is 0.227 e. The first kappa shape index (κ1) is 15.8. The van der Waals surface area contributed by atoms with Gasteiger partial charge in [0.05, 0.1) is 5.92 Å². The minimum atomic E-state index is -0.0871. The van der Waals surface area contributed by atoms with Crippen LogP contribution in [0.25, 0.3) is 0 Å². The van der Waals surface area contributed by atoms with Gasteiger partial charge in [0.25, 0.3) is 0 Å². The van der Waals surface area contributed by atoms with Crippen molar-refractivity contribution in [3.8, 4) is 0 Å². The topological polar surface area (TPSA) is 90.6 Å². The number of hydrogen-bond donors (Lipinski definition) is 2. The summed E-state index contributed by atoms with van der Waals surface area (Å²) in [6.07, 6.45) is 0.654. The summed E-state index contributed by atoms with van der Waals surface area (Å²) in [5.74, 6) is 1.97. The van der Waals surface area contributed by atoms with Crippen molar-refractivity contribution in [2.75, 3.05) is 69.8 Å². The Labute approximate surface area is 136 Å². The third kappa shape index (κ3) is 3.17. The summed E-state index contributed by atoms with van der Waals surface area (Å²) < 4.78 is 0. The molecule has 23 heavy (non-hydrogen) atoms. The van der Waals surface area contributed by atoms with E-state index in [1.165, 1.54) is 0 Å². The van der Waals surface area contributed by atoms with Crippen LogP contribution in [-0.4, -0.2) is 79.5 Å². The van der Waals surface area contributed by atoms with Crippen LogP contribution in [0.5, 0.6) is 0 Å². The number of aromatic nitrogens is 2. The minimum Gasteiger partial charge on any atom is -0.369 e. The molecule has 1 aromatic heterocycles. The molecular formula is C15H25N7O. The van der Waals surface area contributed by atoms with Crippen molar-refractivity contribution in [3.05, 3.63) is 5.56 Å². The van der Waals surface area contributed by atoms with Gasteiger partial charge in [0.2, 0.25) is 11.9 Å². The van der Waals surface area contributed by atoms with Crippen LogP contribution in [0.1, 0.15) is 5.56 Å². The van der Waals surface area contributed by atoms with Crippen LogP contribution >= 0.6 is 0 Å². The number of likely N-dealkylation sites (N-methyl/N-ethyl adjacent to an activating group) is 1. The number of nitrogen functional groups attached to an aromatic ring is 1. The molecule has 1 aromatic rings. The van der Waals surface area contributed by atoms with E-state index in [1.807, 2.05) is 0 Å². The van der Waals surface area contributed by atoms with Gasteiger partial charge in [0.15, 0.2) is 0 Å². The summed E-state index contributed by atoms with van der Waals surface area (Å²) in [5, 5.41) is 3.26. The molecule has 1 saturated heterocycles. The van der Waals surface area contributed by atoms with Gasteiger partial charge in [0, 0.05) is 52.4 Å². The van der Waals surface area contributed by atoms with E-state index in [0.29, 0.717) is 13.0 Å². The van der Waals surface area contributed by atoms with Crippen molar-refractivity contribution in [2.45, 2.75) is 6.42 Å². The molecule has 2 aliphatic heterocycles. The van der Waals surface area contributed by atoms with Crippen LogP contribution in [0.2, 0.25) is 0 Å². The lowest BCUT2D eigenvalue weighted by molar-refractivity contribution is -0.132. The molecule has 126 valence electrons. The molecule has 0 saturated carbocycles. The first-order valence-corrected chi connectivity index (χ1v) is 8.00. The Morgan fingerprint density at radius 2 is 1.96 bits per heavy atom. The molecule has 3 N–H and O–H groups in total. The van der Waals surface area contributed by atoms with E-state index in [-0.39, 0.29) is 17.8 Å². The molecule has 0 aromatic carbocycles. The second kappa shape index (κ2) is 6.19. The number of nitrogens with one attached hydrogen (secondary N) is 1. The highest BCUT2D eigenvalue weighted by Crippen LogP contribution is 2.32. The summed E-state index contributed by atoms with van der Waals surface area (Å²) >= 11 is 0. The van der Waals surface area contributed by atoms with Gasteiger partial charge in [-0.15, -0.1) is 0 Å². The SMILES string of the molecule is CN1CCN(c2nc(N)nc3c2CC(C(=O)N(C)C)CN3)CC1. The van der Waals surface area contributed by atoms with Gasteiger partial charge in [-0.3, -0.25) is 4.79 Å². The number of nitrogens with two attached hydrogens (primary N) is 1. The number of carbonyl (C=O) groups is 1. The van der Waals surface area contributed by atoms with Crippen LogP contribution < -0.4 is 16.0 Å². The van der Waals surface area contributed by atoms with E-state index in [0.717, 1.165) is 43.4 Å². The van der Waals surface area contributed by atoms with Crippen LogP contribution in [0.3, 0.4) is 0 Å². The van der Waals surface area contributed by atoms with Gasteiger partial charge < -0.3 is 25.8 Å². The van der Waals surface area contributed by atoms with Gasteiger partial charge in [-0.05, 0) is 13.5 Å². The molecule has 1 unspecified atom stereocenters. The number of rotatable bonds is 2. The number of anilines is 3. The van der Waals surface area contributed by atoms with Gasteiger partial charge in [-0.25, -0.2) is 0 Å². The molecule has 0 aliphatic carbocycles. The highest BCUT2D eigenvalue weighted by Gasteiger charge is 2.31. The molecular weight excluding hydrogens is 294 g/mol. The Kier molecular flexibility index (Phi) is 4.25. The molecule has 3 rings (SSSR count). The lowest BCUT2D eigenvalue weighted by atomic mass is 9.94. The maximum Gasteiger partial charge on any atom is 0.227 e. The summed E-state index contributed by atoms with van der Waals surface area (Å²) in [6.45, 7) is 4.39. The minimum absolute atomic E-state index is 0.0871. The zero-order chi connectivity index (χ0) is 16.6. The van der Waals surface area contributed by atoms with E-state index in [9.17, 15) is 4.79 Å². The van der Waals surface area contributed by atoms with Crippen molar-refractivity contribution in [3.63, 3.8) is 0 Å². The van der Waals surface area contributed by atoms with Crippen molar-refractivity contribution in [2.24, 2.45) is 5.92 Å². The summed E-state index contributed by atoms with van der Waals surface area (Å²) in [4.78, 5) is 27.3. The van der Waals surface area contributed by atoms with Crippen molar-refractivity contribution < 1.29 is 4.79 Å². The second-order valence-electron chi connectivity index (χ2n) is 6.54. The Bertz CT molecular complexity index is 596. The van der Waals surface area contributed by atoms with E-state index >= 15 is 0 Å². The van der Waals surface area contributed by atoms with Crippen LogP contribution in [0.4, 0.5) is 17.6 Å². The average molecular weight is 319 g/mol. The molecule has 0 bridgehead atoms. The summed E-state index contributed by atoms with van der Waals surface area (Å²) in [7, 11) is 5.70. The predicted octanol–water partition coefficient (Wildman–Crippen LogP) is -0.517. The quantitative estimate of drug-likeness (QED) is 0.758. The number of fused-ring (bicyclic) bond motifs is 1. The monoisotopic (exact) mass is 319 g/mol. The van der Waals surface area contributed by atoms with E-state index in [2.05, 4.69) is 32.1 Å². The van der Waals surface area contributed by atoms with Gasteiger partial charge >= 0.3 is 0 Å². The fourth-order valence-corrected chi connectivity index (χ4v) is 3.18.